The molecule has 0 heterocycles. The third kappa shape index (κ3) is 3.80. The molecule has 0 saturated heterocycles. The van der Waals surface area contributed by atoms with Crippen LogP contribution in [0.1, 0.15) is 12.5 Å². The lowest BCUT2D eigenvalue weighted by Gasteiger charge is -2.13. The molecular weight excluding hydrogens is 317 g/mol. The van der Waals surface area contributed by atoms with Crippen molar-refractivity contribution >= 4 is 34.8 Å². The highest BCUT2D eigenvalue weighted by atomic mass is 35.5. The minimum Gasteiger partial charge on any atom is -0.455 e. The van der Waals surface area contributed by atoms with E-state index in [1.54, 1.807) is 24.3 Å². The van der Waals surface area contributed by atoms with E-state index in [-0.39, 0.29) is 0 Å². The maximum atomic E-state index is 6.22. The van der Waals surface area contributed by atoms with Crippen LogP contribution >= 0.6 is 34.8 Å². The first-order valence-electron chi connectivity index (χ1n) is 6.23. The Morgan fingerprint density at radius 3 is 2.50 bits per heavy atom. The first-order valence-corrected chi connectivity index (χ1v) is 7.36. The highest BCUT2D eigenvalue weighted by Crippen LogP contribution is 2.35. The number of nitrogens with one attached hydrogen (secondary N) is 1. The molecule has 0 aromatic heterocycles. The fourth-order valence-corrected chi connectivity index (χ4v) is 2.25. The Balaban J connectivity index is 2.29. The van der Waals surface area contributed by atoms with Gasteiger partial charge >= 0.3 is 0 Å². The molecule has 0 amide bonds. The second-order valence-electron chi connectivity index (χ2n) is 4.19. The number of ether oxygens (including phenoxy) is 1. The van der Waals surface area contributed by atoms with E-state index in [0.717, 1.165) is 12.1 Å². The van der Waals surface area contributed by atoms with Gasteiger partial charge in [0.05, 0.1) is 15.1 Å². The zero-order chi connectivity index (χ0) is 14.5. The van der Waals surface area contributed by atoms with E-state index in [4.69, 9.17) is 39.5 Å². The molecule has 0 fully saturated rings. The van der Waals surface area contributed by atoms with Crippen LogP contribution in [0.5, 0.6) is 11.5 Å². The monoisotopic (exact) mass is 329 g/mol. The van der Waals surface area contributed by atoms with Crippen molar-refractivity contribution in [3.63, 3.8) is 0 Å². The van der Waals surface area contributed by atoms with Gasteiger partial charge in [-0.15, -0.1) is 0 Å². The van der Waals surface area contributed by atoms with E-state index in [1.165, 1.54) is 0 Å². The van der Waals surface area contributed by atoms with Crippen molar-refractivity contribution in [1.82, 2.24) is 5.32 Å². The van der Waals surface area contributed by atoms with E-state index in [9.17, 15) is 0 Å². The average molecular weight is 331 g/mol. The van der Waals surface area contributed by atoms with Crippen molar-refractivity contribution in [2.75, 3.05) is 6.54 Å². The summed E-state index contributed by atoms with van der Waals surface area (Å²) in [6.45, 7) is 3.61. The standard InChI is InChI=1S/C15H14Cl3NO/c1-2-19-9-10-4-3-5-13(17)15(10)20-11-6-7-12(16)14(18)8-11/h3-8,19H,2,9H2,1H3. The summed E-state index contributed by atoms with van der Waals surface area (Å²) in [4.78, 5) is 0. The number of benzene rings is 2. The van der Waals surface area contributed by atoms with Gasteiger partial charge in [0.15, 0.2) is 0 Å². The lowest BCUT2D eigenvalue weighted by molar-refractivity contribution is 0.473. The third-order valence-corrected chi connectivity index (χ3v) is 3.76. The molecule has 106 valence electrons. The summed E-state index contributed by atoms with van der Waals surface area (Å²) in [6.07, 6.45) is 0. The fraction of sp³-hybridized carbons (Fsp3) is 0.200. The molecule has 0 spiro atoms. The zero-order valence-electron chi connectivity index (χ0n) is 10.9. The fourth-order valence-electron chi connectivity index (χ4n) is 1.72. The number of halogens is 3. The molecule has 0 aliphatic rings. The summed E-state index contributed by atoms with van der Waals surface area (Å²) in [5, 5.41) is 4.75. The molecule has 20 heavy (non-hydrogen) atoms. The summed E-state index contributed by atoms with van der Waals surface area (Å²) in [5.41, 5.74) is 0.991. The summed E-state index contributed by atoms with van der Waals surface area (Å²) in [7, 11) is 0. The second kappa shape index (κ2) is 7.19. The van der Waals surface area contributed by atoms with Crippen LogP contribution in [0.4, 0.5) is 0 Å². The Bertz CT molecular complexity index is 602. The molecule has 0 radical (unpaired) electrons. The molecule has 1 N–H and O–H groups in total. The average Bonchev–Trinajstić information content (AvgIpc) is 2.43. The maximum absolute atomic E-state index is 6.22. The Morgan fingerprint density at radius 1 is 1.00 bits per heavy atom. The van der Waals surface area contributed by atoms with Crippen LogP contribution in [0.25, 0.3) is 0 Å². The topological polar surface area (TPSA) is 21.3 Å². The number of hydrogen-bond donors (Lipinski definition) is 1. The van der Waals surface area contributed by atoms with Crippen LogP contribution < -0.4 is 10.1 Å². The van der Waals surface area contributed by atoms with Gasteiger partial charge in [0.25, 0.3) is 0 Å². The Labute approximate surface area is 133 Å². The normalized spacial score (nSPS) is 10.6. The van der Waals surface area contributed by atoms with Crippen LogP contribution in [-0.4, -0.2) is 6.54 Å². The maximum Gasteiger partial charge on any atom is 0.150 e. The highest BCUT2D eigenvalue weighted by molar-refractivity contribution is 6.42. The van der Waals surface area contributed by atoms with Crippen molar-refractivity contribution in [2.24, 2.45) is 0 Å². The summed E-state index contributed by atoms with van der Waals surface area (Å²) in [6, 6.07) is 10.8. The zero-order valence-corrected chi connectivity index (χ0v) is 13.2. The molecule has 5 heteroatoms. The number of rotatable bonds is 5. The molecule has 2 aromatic rings. The Morgan fingerprint density at radius 2 is 1.80 bits per heavy atom. The summed E-state index contributed by atoms with van der Waals surface area (Å²) >= 11 is 18.1. The van der Waals surface area contributed by atoms with E-state index < -0.39 is 0 Å². The second-order valence-corrected chi connectivity index (χ2v) is 5.41. The van der Waals surface area contributed by atoms with Gasteiger partial charge in [0.1, 0.15) is 11.5 Å². The first kappa shape index (κ1) is 15.5. The molecule has 0 aliphatic heterocycles. The van der Waals surface area contributed by atoms with Gasteiger partial charge in [-0.1, -0.05) is 53.9 Å². The minimum atomic E-state index is 0.449. The van der Waals surface area contributed by atoms with Gasteiger partial charge in [0, 0.05) is 18.2 Å². The van der Waals surface area contributed by atoms with Crippen LogP contribution in [0.15, 0.2) is 36.4 Å². The predicted molar refractivity (Wildman–Crippen MR) is 85.4 cm³/mol. The SMILES string of the molecule is CCNCc1cccc(Cl)c1Oc1ccc(Cl)c(Cl)c1. The van der Waals surface area contributed by atoms with E-state index in [2.05, 4.69) is 5.32 Å². The van der Waals surface area contributed by atoms with Crippen LogP contribution in [0.2, 0.25) is 15.1 Å². The van der Waals surface area contributed by atoms with Crippen molar-refractivity contribution < 1.29 is 4.74 Å². The van der Waals surface area contributed by atoms with Gasteiger partial charge in [-0.05, 0) is 24.7 Å². The van der Waals surface area contributed by atoms with Gasteiger partial charge in [0.2, 0.25) is 0 Å². The summed E-state index contributed by atoms with van der Waals surface area (Å²) in [5.74, 6) is 1.23. The Hall–Kier alpha value is -0.930. The molecule has 0 saturated carbocycles. The van der Waals surface area contributed by atoms with Gasteiger partial charge in [-0.3, -0.25) is 0 Å². The first-order chi connectivity index (χ1) is 9.61. The molecule has 0 atom stereocenters. The van der Waals surface area contributed by atoms with Crippen LogP contribution in [-0.2, 0) is 6.54 Å². The molecule has 2 nitrogen and oxygen atoms in total. The molecule has 2 rings (SSSR count). The quantitative estimate of drug-likeness (QED) is 0.776. The van der Waals surface area contributed by atoms with E-state index in [0.29, 0.717) is 33.1 Å². The van der Waals surface area contributed by atoms with Gasteiger partial charge in [-0.25, -0.2) is 0 Å². The van der Waals surface area contributed by atoms with E-state index >= 15 is 0 Å². The molecule has 0 bridgehead atoms. The van der Waals surface area contributed by atoms with Crippen molar-refractivity contribution in [2.45, 2.75) is 13.5 Å². The van der Waals surface area contributed by atoms with Gasteiger partial charge in [-0.2, -0.15) is 0 Å². The van der Waals surface area contributed by atoms with Gasteiger partial charge < -0.3 is 10.1 Å². The largest absolute Gasteiger partial charge is 0.455 e. The predicted octanol–water partition coefficient (Wildman–Crippen LogP) is 5.55. The molecule has 2 aromatic carbocycles. The number of para-hydroxylation sites is 1. The van der Waals surface area contributed by atoms with E-state index in [1.807, 2.05) is 19.1 Å². The Kier molecular flexibility index (Phi) is 5.55. The summed E-state index contributed by atoms with van der Waals surface area (Å²) < 4.78 is 5.86. The smallest absolute Gasteiger partial charge is 0.150 e. The third-order valence-electron chi connectivity index (χ3n) is 2.72. The van der Waals surface area contributed by atoms with Crippen LogP contribution in [0, 0.1) is 0 Å². The van der Waals surface area contributed by atoms with Crippen molar-refractivity contribution in [1.29, 1.82) is 0 Å². The molecule has 0 aliphatic carbocycles. The highest BCUT2D eigenvalue weighted by Gasteiger charge is 2.10. The van der Waals surface area contributed by atoms with Crippen LogP contribution in [0.3, 0.4) is 0 Å². The molecule has 0 unspecified atom stereocenters. The minimum absolute atomic E-state index is 0.449. The lowest BCUT2D eigenvalue weighted by Crippen LogP contribution is -2.12. The molecular formula is C15H14Cl3NO. The lowest BCUT2D eigenvalue weighted by atomic mass is 10.2. The van der Waals surface area contributed by atoms with Crippen molar-refractivity contribution in [3.8, 4) is 11.5 Å². The van der Waals surface area contributed by atoms with Crippen molar-refractivity contribution in [3.05, 3.63) is 57.0 Å². The number of hydrogen-bond acceptors (Lipinski definition) is 2.